The second-order valence-electron chi connectivity index (χ2n) is 12.4. The lowest BCUT2D eigenvalue weighted by Gasteiger charge is -2.34. The highest BCUT2D eigenvalue weighted by Gasteiger charge is 2.40. The largest absolute Gasteiger partial charge is 0.369 e. The van der Waals surface area contributed by atoms with Gasteiger partial charge >= 0.3 is 0 Å². The zero-order chi connectivity index (χ0) is 29.7. The number of hydrogen-bond donors (Lipinski definition) is 1. The van der Waals surface area contributed by atoms with E-state index in [0.29, 0.717) is 18.4 Å². The molecule has 7 nitrogen and oxygen atoms in total. The van der Waals surface area contributed by atoms with Gasteiger partial charge in [0.15, 0.2) is 0 Å². The Morgan fingerprint density at radius 2 is 1.70 bits per heavy atom. The van der Waals surface area contributed by atoms with Crippen molar-refractivity contribution in [3.8, 4) is 11.1 Å². The van der Waals surface area contributed by atoms with E-state index in [4.69, 9.17) is 0 Å². The lowest BCUT2D eigenvalue weighted by atomic mass is 9.89. The molecule has 2 aromatic carbocycles. The van der Waals surface area contributed by atoms with Crippen LogP contribution in [0.1, 0.15) is 36.6 Å². The number of hydrogen-bond acceptors (Lipinski definition) is 5. The number of fused-ring (bicyclic) bond motifs is 2. The number of piperazine rings is 1. The minimum Gasteiger partial charge on any atom is -0.369 e. The van der Waals surface area contributed by atoms with Crippen molar-refractivity contribution < 1.29 is 8.42 Å². The Morgan fingerprint density at radius 1 is 0.930 bits per heavy atom. The lowest BCUT2D eigenvalue weighted by Crippen LogP contribution is -2.44. The number of allylic oxidation sites excluding steroid dienone is 3. The monoisotopic (exact) mass is 593 g/mol. The van der Waals surface area contributed by atoms with Crippen molar-refractivity contribution in [2.75, 3.05) is 43.9 Å². The SMILES string of the molecule is CC1C=CC(CS(=O)(=O)N2Cc3ccc(-c4ccc(N5CCN(C)CC5)cc4)cc3[C@@H]2c2c[nH]c3ncccc23)=CC1C. The highest BCUT2D eigenvalue weighted by atomic mass is 32.2. The molecule has 0 amide bonds. The molecular formula is C35H39N5O2S. The Balaban J connectivity index is 1.25. The van der Waals surface area contributed by atoms with Crippen LogP contribution in [-0.2, 0) is 16.6 Å². The molecule has 2 aromatic heterocycles. The number of anilines is 1. The van der Waals surface area contributed by atoms with E-state index < -0.39 is 16.1 Å². The van der Waals surface area contributed by atoms with Crippen molar-refractivity contribution in [3.63, 3.8) is 0 Å². The fourth-order valence-corrected chi connectivity index (χ4v) is 8.35. The van der Waals surface area contributed by atoms with Gasteiger partial charge in [-0.05, 0) is 77.0 Å². The van der Waals surface area contributed by atoms with E-state index in [2.05, 4.69) is 95.3 Å². The second kappa shape index (κ2) is 11.1. The molecule has 43 heavy (non-hydrogen) atoms. The van der Waals surface area contributed by atoms with Crippen molar-refractivity contribution in [2.24, 2.45) is 11.8 Å². The van der Waals surface area contributed by atoms with E-state index in [-0.39, 0.29) is 5.75 Å². The van der Waals surface area contributed by atoms with Crippen LogP contribution in [0.4, 0.5) is 5.69 Å². The van der Waals surface area contributed by atoms with Gasteiger partial charge in [0, 0.05) is 61.8 Å². The van der Waals surface area contributed by atoms with Gasteiger partial charge < -0.3 is 14.8 Å². The third-order valence-electron chi connectivity index (χ3n) is 9.53. The van der Waals surface area contributed by atoms with Gasteiger partial charge in [0.1, 0.15) is 5.65 Å². The highest BCUT2D eigenvalue weighted by Crippen LogP contribution is 2.44. The van der Waals surface area contributed by atoms with Crippen LogP contribution in [0.2, 0.25) is 0 Å². The molecule has 1 saturated heterocycles. The Morgan fingerprint density at radius 3 is 2.47 bits per heavy atom. The maximum Gasteiger partial charge on any atom is 0.219 e. The summed E-state index contributed by atoms with van der Waals surface area (Å²) < 4.78 is 30.1. The van der Waals surface area contributed by atoms with Crippen LogP contribution in [-0.4, -0.2) is 66.6 Å². The van der Waals surface area contributed by atoms with Gasteiger partial charge in [-0.2, -0.15) is 4.31 Å². The smallest absolute Gasteiger partial charge is 0.219 e. The topological polar surface area (TPSA) is 72.5 Å². The molecule has 1 fully saturated rings. The highest BCUT2D eigenvalue weighted by molar-refractivity contribution is 7.89. The number of H-pyrrole nitrogens is 1. The van der Waals surface area contributed by atoms with Gasteiger partial charge in [0.2, 0.25) is 10.0 Å². The molecule has 7 rings (SSSR count). The summed E-state index contributed by atoms with van der Waals surface area (Å²) in [5.74, 6) is 0.710. The summed E-state index contributed by atoms with van der Waals surface area (Å²) in [4.78, 5) is 12.6. The molecule has 222 valence electrons. The predicted octanol–water partition coefficient (Wildman–Crippen LogP) is 5.98. The Kier molecular flexibility index (Phi) is 7.24. The number of nitrogens with zero attached hydrogens (tertiary/aromatic N) is 4. The van der Waals surface area contributed by atoms with Crippen molar-refractivity contribution in [1.82, 2.24) is 19.2 Å². The summed E-state index contributed by atoms with van der Waals surface area (Å²) in [7, 11) is -1.47. The van der Waals surface area contributed by atoms with Gasteiger partial charge in [-0.3, -0.25) is 0 Å². The molecule has 3 atom stereocenters. The first-order valence-corrected chi connectivity index (χ1v) is 16.8. The number of sulfonamides is 1. The number of aromatic nitrogens is 2. The van der Waals surface area contributed by atoms with Crippen molar-refractivity contribution in [1.29, 1.82) is 0 Å². The van der Waals surface area contributed by atoms with E-state index in [1.54, 1.807) is 10.5 Å². The fourth-order valence-electron chi connectivity index (χ4n) is 6.69. The number of nitrogens with one attached hydrogen (secondary N) is 1. The zero-order valence-electron chi connectivity index (χ0n) is 25.1. The summed E-state index contributed by atoms with van der Waals surface area (Å²) in [5, 5.41) is 0.946. The van der Waals surface area contributed by atoms with Crippen LogP contribution in [0.15, 0.2) is 90.8 Å². The van der Waals surface area contributed by atoms with Gasteiger partial charge in [-0.25, -0.2) is 13.4 Å². The van der Waals surface area contributed by atoms with E-state index in [0.717, 1.165) is 70.6 Å². The number of benzene rings is 2. The Hall–Kier alpha value is -3.72. The van der Waals surface area contributed by atoms with Crippen LogP contribution < -0.4 is 4.90 Å². The maximum absolute atomic E-state index is 14.2. The average Bonchev–Trinajstić information content (AvgIpc) is 3.61. The molecule has 8 heteroatoms. The minimum absolute atomic E-state index is 0.00767. The van der Waals surface area contributed by atoms with Crippen molar-refractivity contribution in [2.45, 2.75) is 26.4 Å². The molecule has 0 saturated carbocycles. The summed E-state index contributed by atoms with van der Waals surface area (Å²) in [6, 6.07) is 18.7. The van der Waals surface area contributed by atoms with Crippen molar-refractivity contribution in [3.05, 3.63) is 107 Å². The van der Waals surface area contributed by atoms with Crippen LogP contribution in [0.3, 0.4) is 0 Å². The molecule has 1 aliphatic carbocycles. The normalized spacial score (nSPS) is 23.1. The minimum atomic E-state index is -3.64. The predicted molar refractivity (Wildman–Crippen MR) is 174 cm³/mol. The first kappa shape index (κ1) is 28.1. The van der Waals surface area contributed by atoms with Gasteiger partial charge in [-0.15, -0.1) is 0 Å². The zero-order valence-corrected chi connectivity index (χ0v) is 25.9. The standard InChI is InChI=1S/C35H39N5O2S/c1-24-6-7-26(19-25(24)2)23-43(41,42)40-22-29-9-8-28(27-10-12-30(13-11-27)39-17-15-38(3)16-18-39)20-32(29)34(40)33-21-37-35-31(33)5-4-14-36-35/h4-14,19-21,24-25,34H,15-18,22-23H2,1-3H3,(H,36,37)/t24?,25?,34-/m1/s1. The van der Waals surface area contributed by atoms with Crippen LogP contribution in [0.5, 0.6) is 0 Å². The molecular weight excluding hydrogens is 554 g/mol. The first-order valence-electron chi connectivity index (χ1n) is 15.2. The van der Waals surface area contributed by atoms with Gasteiger partial charge in [0.25, 0.3) is 0 Å². The maximum atomic E-state index is 14.2. The Bertz CT molecular complexity index is 1820. The molecule has 4 aromatic rings. The molecule has 2 aliphatic heterocycles. The number of aromatic amines is 1. The molecule has 2 unspecified atom stereocenters. The van der Waals surface area contributed by atoms with E-state index in [1.165, 1.54) is 5.69 Å². The third-order valence-corrected chi connectivity index (χ3v) is 11.3. The molecule has 1 N–H and O–H groups in total. The van der Waals surface area contributed by atoms with Crippen LogP contribution in [0, 0.1) is 11.8 Å². The first-order chi connectivity index (χ1) is 20.8. The van der Waals surface area contributed by atoms with E-state index in [1.807, 2.05) is 24.4 Å². The summed E-state index contributed by atoms with van der Waals surface area (Å²) >= 11 is 0. The van der Waals surface area contributed by atoms with Crippen molar-refractivity contribution >= 4 is 26.7 Å². The molecule has 0 spiro atoms. The molecule has 0 bridgehead atoms. The molecule has 3 aliphatic rings. The lowest BCUT2D eigenvalue weighted by molar-refractivity contribution is 0.313. The van der Waals surface area contributed by atoms with Crippen LogP contribution in [0.25, 0.3) is 22.2 Å². The fraction of sp³-hybridized carbons (Fsp3) is 0.343. The van der Waals surface area contributed by atoms with Gasteiger partial charge in [-0.1, -0.05) is 56.3 Å². The van der Waals surface area contributed by atoms with E-state index >= 15 is 0 Å². The quantitative estimate of drug-likeness (QED) is 0.298. The summed E-state index contributed by atoms with van der Waals surface area (Å²) in [6.45, 7) is 8.87. The van der Waals surface area contributed by atoms with Gasteiger partial charge in [0.05, 0.1) is 11.8 Å². The number of rotatable bonds is 6. The summed E-state index contributed by atoms with van der Waals surface area (Å²) in [6.07, 6.45) is 9.91. The molecule has 4 heterocycles. The summed E-state index contributed by atoms with van der Waals surface area (Å²) in [5.41, 5.74) is 8.09. The third kappa shape index (κ3) is 5.32. The average molecular weight is 594 g/mol. The number of pyridine rings is 1. The Labute approximate surface area is 254 Å². The number of likely N-dealkylation sites (N-methyl/N-ethyl adjacent to an activating group) is 1. The second-order valence-corrected chi connectivity index (χ2v) is 14.3. The van der Waals surface area contributed by atoms with Crippen LogP contribution >= 0.6 is 0 Å². The van der Waals surface area contributed by atoms with E-state index in [9.17, 15) is 8.42 Å². The molecule has 0 radical (unpaired) electrons.